The summed E-state index contributed by atoms with van der Waals surface area (Å²) in [6.45, 7) is 0.695. The molecular weight excluding hydrogens is 215 g/mol. The lowest BCUT2D eigenvalue weighted by Gasteiger charge is -2.39. The molecule has 2 fully saturated rings. The largest absolute Gasteiger partial charge is 0.396 e. The maximum absolute atomic E-state index is 12.8. The van der Waals surface area contributed by atoms with Crippen molar-refractivity contribution in [2.45, 2.75) is 31.9 Å². The van der Waals surface area contributed by atoms with Gasteiger partial charge in [0.1, 0.15) is 0 Å². The molecule has 5 heteroatoms. The molecular formula is C9H15ClF3N. The van der Waals surface area contributed by atoms with Gasteiger partial charge in [0.05, 0.1) is 5.41 Å². The highest BCUT2D eigenvalue weighted by Crippen LogP contribution is 2.53. The van der Waals surface area contributed by atoms with Gasteiger partial charge in [0.2, 0.25) is 0 Å². The second kappa shape index (κ2) is 3.89. The van der Waals surface area contributed by atoms with E-state index >= 15 is 0 Å². The number of halogens is 4. The van der Waals surface area contributed by atoms with Crippen molar-refractivity contribution in [2.75, 3.05) is 13.1 Å². The Bertz CT molecular complexity index is 207. The van der Waals surface area contributed by atoms with Gasteiger partial charge in [-0.2, -0.15) is 13.2 Å². The summed E-state index contributed by atoms with van der Waals surface area (Å²) in [5.41, 5.74) is -1.38. The van der Waals surface area contributed by atoms with Crippen molar-refractivity contribution in [2.24, 2.45) is 11.3 Å². The Hall–Kier alpha value is 0.0400. The second-order valence-corrected chi connectivity index (χ2v) is 4.23. The Morgan fingerprint density at radius 1 is 1.21 bits per heavy atom. The molecule has 0 amide bonds. The van der Waals surface area contributed by atoms with Gasteiger partial charge in [-0.15, -0.1) is 12.4 Å². The molecule has 1 aliphatic carbocycles. The summed E-state index contributed by atoms with van der Waals surface area (Å²) in [5.74, 6) is -0.166. The molecule has 1 aliphatic heterocycles. The number of nitrogens with one attached hydrogen (secondary N) is 1. The summed E-state index contributed by atoms with van der Waals surface area (Å²) >= 11 is 0. The van der Waals surface area contributed by atoms with E-state index in [0.29, 0.717) is 13.0 Å². The van der Waals surface area contributed by atoms with Gasteiger partial charge in [0.15, 0.2) is 0 Å². The first kappa shape index (κ1) is 12.1. The van der Waals surface area contributed by atoms with Crippen LogP contribution in [0, 0.1) is 11.3 Å². The fourth-order valence-corrected chi connectivity index (χ4v) is 2.78. The number of alkyl halides is 3. The smallest absolute Gasteiger partial charge is 0.316 e. The van der Waals surface area contributed by atoms with Crippen LogP contribution in [0.5, 0.6) is 0 Å². The monoisotopic (exact) mass is 229 g/mol. The zero-order valence-corrected chi connectivity index (χ0v) is 8.68. The average molecular weight is 230 g/mol. The van der Waals surface area contributed by atoms with Gasteiger partial charge in [-0.1, -0.05) is 12.8 Å². The van der Waals surface area contributed by atoms with Crippen LogP contribution in [0.15, 0.2) is 0 Å². The molecule has 0 aromatic heterocycles. The van der Waals surface area contributed by atoms with E-state index < -0.39 is 11.6 Å². The lowest BCUT2D eigenvalue weighted by Crippen LogP contribution is -2.46. The van der Waals surface area contributed by atoms with Crippen LogP contribution in [0.4, 0.5) is 13.2 Å². The Labute approximate surface area is 87.8 Å². The van der Waals surface area contributed by atoms with Crippen molar-refractivity contribution < 1.29 is 13.2 Å². The van der Waals surface area contributed by atoms with E-state index in [1.807, 2.05) is 0 Å². The molecule has 1 heterocycles. The van der Waals surface area contributed by atoms with Gasteiger partial charge in [0.25, 0.3) is 0 Å². The van der Waals surface area contributed by atoms with Crippen LogP contribution in [0.3, 0.4) is 0 Å². The molecule has 2 unspecified atom stereocenters. The van der Waals surface area contributed by atoms with Gasteiger partial charge in [0, 0.05) is 6.54 Å². The lowest BCUT2D eigenvalue weighted by molar-refractivity contribution is -0.239. The zero-order chi connectivity index (χ0) is 9.53. The molecule has 1 saturated carbocycles. The van der Waals surface area contributed by atoms with Gasteiger partial charge < -0.3 is 5.32 Å². The summed E-state index contributed by atoms with van der Waals surface area (Å²) in [7, 11) is 0. The quantitative estimate of drug-likeness (QED) is 0.674. The fraction of sp³-hybridized carbons (Fsp3) is 1.00. The van der Waals surface area contributed by atoms with E-state index in [-0.39, 0.29) is 24.9 Å². The summed E-state index contributed by atoms with van der Waals surface area (Å²) in [6, 6.07) is 0. The maximum Gasteiger partial charge on any atom is 0.396 e. The first-order valence-electron chi connectivity index (χ1n) is 4.84. The van der Waals surface area contributed by atoms with E-state index in [2.05, 4.69) is 5.32 Å². The van der Waals surface area contributed by atoms with Crippen molar-refractivity contribution in [3.05, 3.63) is 0 Å². The van der Waals surface area contributed by atoms with E-state index in [1.54, 1.807) is 0 Å². The van der Waals surface area contributed by atoms with Gasteiger partial charge in [-0.3, -0.25) is 0 Å². The molecule has 2 atom stereocenters. The Kier molecular flexibility index (Phi) is 3.37. The molecule has 0 aromatic rings. The van der Waals surface area contributed by atoms with Crippen LogP contribution < -0.4 is 5.32 Å². The van der Waals surface area contributed by atoms with E-state index in [9.17, 15) is 13.2 Å². The van der Waals surface area contributed by atoms with Crippen LogP contribution in [0.2, 0.25) is 0 Å². The second-order valence-electron chi connectivity index (χ2n) is 4.23. The predicted octanol–water partition coefficient (Wildman–Crippen LogP) is 2.75. The molecule has 1 N–H and O–H groups in total. The van der Waals surface area contributed by atoms with Gasteiger partial charge in [-0.05, 0) is 25.3 Å². The minimum atomic E-state index is -4.01. The van der Waals surface area contributed by atoms with Crippen molar-refractivity contribution >= 4 is 12.4 Å². The Balaban J connectivity index is 0.000000980. The van der Waals surface area contributed by atoms with E-state index in [1.165, 1.54) is 0 Å². The molecule has 84 valence electrons. The summed E-state index contributed by atoms with van der Waals surface area (Å²) in [6.07, 6.45) is -1.25. The number of rotatable bonds is 0. The van der Waals surface area contributed by atoms with Crippen molar-refractivity contribution in [1.82, 2.24) is 5.32 Å². The molecule has 14 heavy (non-hydrogen) atoms. The number of fused-ring (bicyclic) bond motifs is 1. The first-order valence-corrected chi connectivity index (χ1v) is 4.84. The van der Waals surface area contributed by atoms with Crippen molar-refractivity contribution in [3.63, 3.8) is 0 Å². The third kappa shape index (κ3) is 1.63. The number of hydrogen-bond acceptors (Lipinski definition) is 1. The minimum absolute atomic E-state index is 0. The number of hydrogen-bond donors (Lipinski definition) is 1. The van der Waals surface area contributed by atoms with Crippen LogP contribution in [0.25, 0.3) is 0 Å². The molecule has 0 aromatic carbocycles. The molecule has 0 radical (unpaired) electrons. The Morgan fingerprint density at radius 2 is 1.93 bits per heavy atom. The van der Waals surface area contributed by atoms with Crippen LogP contribution in [-0.4, -0.2) is 19.3 Å². The molecule has 1 saturated heterocycles. The normalized spacial score (nSPS) is 37.5. The molecule has 0 spiro atoms. The van der Waals surface area contributed by atoms with Crippen LogP contribution in [0.1, 0.15) is 25.7 Å². The standard InChI is InChI=1S/C9H14F3N.ClH/c10-9(11,12)8-4-2-1-3-7(8)5-13-6-8;/h7,13H,1-6H2;1H. The van der Waals surface area contributed by atoms with E-state index in [4.69, 9.17) is 0 Å². The zero-order valence-electron chi connectivity index (χ0n) is 7.86. The third-order valence-corrected chi connectivity index (χ3v) is 3.60. The highest BCUT2D eigenvalue weighted by Gasteiger charge is 2.61. The Morgan fingerprint density at radius 3 is 2.50 bits per heavy atom. The van der Waals surface area contributed by atoms with Crippen LogP contribution >= 0.6 is 12.4 Å². The molecule has 2 rings (SSSR count). The summed E-state index contributed by atoms with van der Waals surface area (Å²) in [5, 5.41) is 2.89. The van der Waals surface area contributed by atoms with Crippen molar-refractivity contribution in [1.29, 1.82) is 0 Å². The predicted molar refractivity (Wildman–Crippen MR) is 50.6 cm³/mol. The highest BCUT2D eigenvalue weighted by atomic mass is 35.5. The third-order valence-electron chi connectivity index (χ3n) is 3.60. The SMILES string of the molecule is Cl.FC(F)(F)C12CCCCC1CNC2. The van der Waals surface area contributed by atoms with Gasteiger partial charge in [-0.25, -0.2) is 0 Å². The van der Waals surface area contributed by atoms with Crippen molar-refractivity contribution in [3.8, 4) is 0 Å². The average Bonchev–Trinajstić information content (AvgIpc) is 2.46. The topological polar surface area (TPSA) is 12.0 Å². The fourth-order valence-electron chi connectivity index (χ4n) is 2.78. The van der Waals surface area contributed by atoms with E-state index in [0.717, 1.165) is 19.3 Å². The lowest BCUT2D eigenvalue weighted by atomic mass is 9.68. The first-order chi connectivity index (χ1) is 6.06. The van der Waals surface area contributed by atoms with Crippen LogP contribution in [-0.2, 0) is 0 Å². The maximum atomic E-state index is 12.8. The minimum Gasteiger partial charge on any atom is -0.316 e. The van der Waals surface area contributed by atoms with Gasteiger partial charge >= 0.3 is 6.18 Å². The highest BCUT2D eigenvalue weighted by molar-refractivity contribution is 5.85. The molecule has 2 aliphatic rings. The summed E-state index contributed by atoms with van der Waals surface area (Å²) in [4.78, 5) is 0. The summed E-state index contributed by atoms with van der Waals surface area (Å²) < 4.78 is 38.5. The molecule has 1 nitrogen and oxygen atoms in total. The molecule has 0 bridgehead atoms.